The predicted octanol–water partition coefficient (Wildman–Crippen LogP) is 4.61. The Kier molecular flexibility index (Phi) is 7.16. The lowest BCUT2D eigenvalue weighted by Gasteiger charge is -2.04. The molecule has 2 aromatic heterocycles. The molecule has 0 amide bonds. The number of aromatic nitrogens is 2. The maximum Gasteiger partial charge on any atom is 0.266 e. The van der Waals surface area contributed by atoms with Crippen molar-refractivity contribution in [3.05, 3.63) is 58.1 Å². The number of nitriles is 2. The monoisotopic (exact) mass is 470 g/mol. The van der Waals surface area contributed by atoms with Crippen molar-refractivity contribution in [2.75, 3.05) is 0 Å². The van der Waals surface area contributed by atoms with Crippen LogP contribution in [-0.4, -0.2) is 9.97 Å². The van der Waals surface area contributed by atoms with E-state index in [1.54, 1.807) is 13.8 Å². The van der Waals surface area contributed by atoms with Gasteiger partial charge in [-0.15, -0.1) is 0 Å². The van der Waals surface area contributed by atoms with Crippen LogP contribution in [-0.2, 0) is 0 Å². The third kappa shape index (κ3) is 4.24. The minimum atomic E-state index is -0.323. The fourth-order valence-electron chi connectivity index (χ4n) is 1.90. The first-order valence-electron chi connectivity index (χ1n) is 6.67. The van der Waals surface area contributed by atoms with Gasteiger partial charge < -0.3 is 4.98 Å². The summed E-state index contributed by atoms with van der Waals surface area (Å²) in [5.74, 6) is 0. The molecule has 0 aliphatic carbocycles. The number of hydrogen-bond donors (Lipinski definition) is 1. The average Bonchev–Trinajstić information content (AvgIpc) is 2.52. The van der Waals surface area contributed by atoms with Crippen LogP contribution in [0.5, 0.6) is 0 Å². The normalized spacial score (nSPS) is 9.54. The third-order valence-electron chi connectivity index (χ3n) is 3.28. The number of halogens is 3. The maximum absolute atomic E-state index is 11.1. The van der Waals surface area contributed by atoms with Gasteiger partial charge in [0.1, 0.15) is 22.9 Å². The van der Waals surface area contributed by atoms with Gasteiger partial charge in [-0.25, -0.2) is 4.98 Å². The molecule has 1 N–H and O–H groups in total. The van der Waals surface area contributed by atoms with Crippen molar-refractivity contribution in [1.82, 2.24) is 9.97 Å². The smallest absolute Gasteiger partial charge is 0.266 e. The van der Waals surface area contributed by atoms with Crippen molar-refractivity contribution in [2.45, 2.75) is 27.7 Å². The molecule has 0 aromatic carbocycles. The summed E-state index contributed by atoms with van der Waals surface area (Å²) < 4.78 is 1.64. The van der Waals surface area contributed by atoms with Crippen molar-refractivity contribution in [1.29, 1.82) is 10.5 Å². The quantitative estimate of drug-likeness (QED) is 0.567. The first kappa shape index (κ1) is 20.4. The van der Waals surface area contributed by atoms with E-state index < -0.39 is 0 Å². The van der Waals surface area contributed by atoms with Gasteiger partial charge in [0.15, 0.2) is 0 Å². The number of H-pyrrole nitrogens is 1. The summed E-state index contributed by atoms with van der Waals surface area (Å²) in [5, 5.41) is 17.6. The number of aromatic amines is 1. The Bertz CT molecular complexity index is 939. The fraction of sp³-hybridized carbons (Fsp3) is 0.250. The van der Waals surface area contributed by atoms with Gasteiger partial charge in [-0.3, -0.25) is 4.79 Å². The zero-order chi connectivity index (χ0) is 18.6. The molecule has 0 saturated heterocycles. The Hall–Kier alpha value is -1.67. The van der Waals surface area contributed by atoms with E-state index >= 15 is 0 Å². The zero-order valence-corrected chi connectivity index (χ0v) is 17.3. The Morgan fingerprint density at radius 3 is 2.00 bits per heavy atom. The predicted molar refractivity (Wildman–Crippen MR) is 100 cm³/mol. The molecule has 0 atom stereocenters. The van der Waals surface area contributed by atoms with Crippen LogP contribution in [0.25, 0.3) is 0 Å². The fourth-order valence-corrected chi connectivity index (χ4v) is 2.80. The molecule has 5 nitrogen and oxygen atoms in total. The van der Waals surface area contributed by atoms with Crippen LogP contribution in [0.2, 0.25) is 5.15 Å². The molecular weight excluding hydrogens is 459 g/mol. The molecule has 0 fully saturated rings. The van der Waals surface area contributed by atoms with Gasteiger partial charge in [0, 0.05) is 14.6 Å². The highest BCUT2D eigenvalue weighted by atomic mass is 79.9. The summed E-state index contributed by atoms with van der Waals surface area (Å²) >= 11 is 12.4. The molecule has 2 aromatic rings. The summed E-state index contributed by atoms with van der Waals surface area (Å²) in [4.78, 5) is 17.7. The topological polar surface area (TPSA) is 93.3 Å². The van der Waals surface area contributed by atoms with Gasteiger partial charge in [-0.1, -0.05) is 11.6 Å². The summed E-state index contributed by atoms with van der Waals surface area (Å²) in [6, 6.07) is 3.86. The van der Waals surface area contributed by atoms with Gasteiger partial charge in [0.25, 0.3) is 5.56 Å². The third-order valence-corrected chi connectivity index (χ3v) is 5.91. The lowest BCUT2D eigenvalue weighted by molar-refractivity contribution is 1.09. The summed E-state index contributed by atoms with van der Waals surface area (Å²) in [6.07, 6.45) is 0. The second-order valence-corrected chi connectivity index (χ2v) is 6.86. The minimum absolute atomic E-state index is 0.174. The Labute approximate surface area is 161 Å². The molecule has 24 heavy (non-hydrogen) atoms. The lowest BCUT2D eigenvalue weighted by Crippen LogP contribution is -2.13. The van der Waals surface area contributed by atoms with E-state index in [4.69, 9.17) is 22.1 Å². The first-order chi connectivity index (χ1) is 11.1. The maximum atomic E-state index is 11.1. The first-order valence-corrected chi connectivity index (χ1v) is 8.63. The van der Waals surface area contributed by atoms with Gasteiger partial charge in [0.2, 0.25) is 0 Å². The molecule has 124 valence electrons. The van der Waals surface area contributed by atoms with E-state index in [1.807, 2.05) is 26.0 Å². The summed E-state index contributed by atoms with van der Waals surface area (Å²) in [7, 11) is 0. The van der Waals surface area contributed by atoms with Crippen LogP contribution in [0, 0.1) is 50.4 Å². The van der Waals surface area contributed by atoms with Crippen molar-refractivity contribution < 1.29 is 0 Å². The second-order valence-electron chi connectivity index (χ2n) is 4.92. The van der Waals surface area contributed by atoms with Gasteiger partial charge in [-0.2, -0.15) is 10.5 Å². The number of rotatable bonds is 0. The molecule has 0 aliphatic rings. The van der Waals surface area contributed by atoms with E-state index in [2.05, 4.69) is 41.8 Å². The van der Waals surface area contributed by atoms with Crippen LogP contribution in [0.3, 0.4) is 0 Å². The van der Waals surface area contributed by atoms with Crippen LogP contribution in [0.15, 0.2) is 13.7 Å². The number of nitrogens with one attached hydrogen (secondary N) is 1. The summed E-state index contributed by atoms with van der Waals surface area (Å²) in [5.41, 5.74) is 3.37. The van der Waals surface area contributed by atoms with E-state index in [0.717, 1.165) is 25.9 Å². The number of aryl methyl sites for hydroxylation is 2. The number of pyridine rings is 2. The van der Waals surface area contributed by atoms with E-state index in [0.29, 0.717) is 11.1 Å². The lowest BCUT2D eigenvalue weighted by atomic mass is 10.1. The molecule has 8 heteroatoms. The highest BCUT2D eigenvalue weighted by Crippen LogP contribution is 2.26. The largest absolute Gasteiger partial charge is 0.324 e. The standard InChI is InChI=1S/C8H6BrClN2.C8H7BrN2O/c1-4-6(3-11)8(10)12-5(2)7(4)9;1-4-6(3-10)8(12)11-5(2)7(4)9/h1-2H3;1-2H3,(H,11,12). The number of hydrogen-bond acceptors (Lipinski definition) is 4. The van der Waals surface area contributed by atoms with E-state index in [9.17, 15) is 4.79 Å². The highest BCUT2D eigenvalue weighted by Gasteiger charge is 2.10. The highest BCUT2D eigenvalue weighted by molar-refractivity contribution is 9.10. The SMILES string of the molecule is Cc1[nH]c(=O)c(C#N)c(C)c1Br.Cc1nc(Cl)c(C#N)c(C)c1Br. The number of nitrogens with zero attached hydrogens (tertiary/aromatic N) is 3. The van der Waals surface area contributed by atoms with Crippen LogP contribution in [0.4, 0.5) is 0 Å². The van der Waals surface area contributed by atoms with Gasteiger partial charge >= 0.3 is 0 Å². The van der Waals surface area contributed by atoms with E-state index in [-0.39, 0.29) is 16.3 Å². The molecule has 2 rings (SSSR count). The molecular formula is C16H13Br2ClN4O. The van der Waals surface area contributed by atoms with Crippen LogP contribution < -0.4 is 5.56 Å². The Morgan fingerprint density at radius 1 is 1.00 bits per heavy atom. The molecule has 0 spiro atoms. The van der Waals surface area contributed by atoms with Crippen molar-refractivity contribution in [3.8, 4) is 12.1 Å². The van der Waals surface area contributed by atoms with Crippen molar-refractivity contribution >= 4 is 43.5 Å². The molecule has 0 unspecified atom stereocenters. The van der Waals surface area contributed by atoms with Crippen LogP contribution >= 0.6 is 43.5 Å². The van der Waals surface area contributed by atoms with Crippen LogP contribution in [0.1, 0.15) is 33.6 Å². The average molecular weight is 473 g/mol. The second kappa shape index (κ2) is 8.43. The molecule has 2 heterocycles. The zero-order valence-electron chi connectivity index (χ0n) is 13.4. The molecule has 0 saturated carbocycles. The van der Waals surface area contributed by atoms with Gasteiger partial charge in [0.05, 0.1) is 11.3 Å². The molecule has 0 aliphatic heterocycles. The van der Waals surface area contributed by atoms with Crippen molar-refractivity contribution in [3.63, 3.8) is 0 Å². The van der Waals surface area contributed by atoms with E-state index in [1.165, 1.54) is 0 Å². The van der Waals surface area contributed by atoms with Gasteiger partial charge in [-0.05, 0) is 70.7 Å². The summed E-state index contributed by atoms with van der Waals surface area (Å²) in [6.45, 7) is 7.19. The minimum Gasteiger partial charge on any atom is -0.324 e. The van der Waals surface area contributed by atoms with Crippen molar-refractivity contribution in [2.24, 2.45) is 0 Å². The molecule has 0 radical (unpaired) electrons. The molecule has 0 bridgehead atoms. The Balaban J connectivity index is 0.000000240. The Morgan fingerprint density at radius 2 is 1.50 bits per heavy atom.